The van der Waals surface area contributed by atoms with Crippen LogP contribution in [0.2, 0.25) is 0 Å². The van der Waals surface area contributed by atoms with Gasteiger partial charge in [0.2, 0.25) is 5.91 Å². The Morgan fingerprint density at radius 3 is 2.85 bits per heavy atom. The molecule has 76 valence electrons. The van der Waals surface area contributed by atoms with Gasteiger partial charge in [0.15, 0.2) is 0 Å². The summed E-state index contributed by atoms with van der Waals surface area (Å²) in [6, 6.07) is 0. The third-order valence-electron chi connectivity index (χ3n) is 2.75. The molecule has 2 heteroatoms. The van der Waals surface area contributed by atoms with Crippen LogP contribution in [0.4, 0.5) is 0 Å². The van der Waals surface area contributed by atoms with Gasteiger partial charge in [-0.15, -0.1) is 0 Å². The highest BCUT2D eigenvalue weighted by molar-refractivity contribution is 5.78. The molecule has 1 atom stereocenters. The maximum absolute atomic E-state index is 11.3. The van der Waals surface area contributed by atoms with E-state index in [-0.39, 0.29) is 0 Å². The minimum absolute atomic E-state index is 0.364. The van der Waals surface area contributed by atoms with Gasteiger partial charge < -0.3 is 4.90 Å². The molecule has 0 saturated carbocycles. The summed E-state index contributed by atoms with van der Waals surface area (Å²) in [6.45, 7) is 6.45. The summed E-state index contributed by atoms with van der Waals surface area (Å²) in [7, 11) is 0. The lowest BCUT2D eigenvalue weighted by atomic mass is 10.0. The minimum Gasteiger partial charge on any atom is -0.342 e. The van der Waals surface area contributed by atoms with Crippen LogP contribution in [-0.4, -0.2) is 23.9 Å². The molecule has 1 amide bonds. The largest absolute Gasteiger partial charge is 0.342 e. The predicted molar refractivity (Wildman–Crippen MR) is 54.5 cm³/mol. The molecule has 0 aromatic carbocycles. The Balaban J connectivity index is 2.19. The second-order valence-electron chi connectivity index (χ2n) is 4.19. The summed E-state index contributed by atoms with van der Waals surface area (Å²) in [5.74, 6) is 1.05. The van der Waals surface area contributed by atoms with E-state index in [9.17, 15) is 4.79 Å². The lowest BCUT2D eigenvalue weighted by Gasteiger charge is -2.20. The average Bonchev–Trinajstić information content (AvgIpc) is 2.48. The molecular weight excluding hydrogens is 162 g/mol. The van der Waals surface area contributed by atoms with Crippen LogP contribution in [0.15, 0.2) is 0 Å². The fraction of sp³-hybridized carbons (Fsp3) is 0.909. The molecule has 1 unspecified atom stereocenters. The van der Waals surface area contributed by atoms with E-state index in [4.69, 9.17) is 0 Å². The summed E-state index contributed by atoms with van der Waals surface area (Å²) in [5.41, 5.74) is 0. The standard InChI is InChI=1S/C11H21NO/c1-3-4-6-10(2)9-12-8-5-7-11(12)13/h10H,3-9H2,1-2H3. The number of carbonyl (C=O) groups excluding carboxylic acids is 1. The monoisotopic (exact) mass is 183 g/mol. The zero-order chi connectivity index (χ0) is 9.68. The van der Waals surface area contributed by atoms with E-state index in [1.54, 1.807) is 0 Å². The first-order chi connectivity index (χ1) is 6.24. The number of nitrogens with zero attached hydrogens (tertiary/aromatic N) is 1. The number of hydrogen-bond acceptors (Lipinski definition) is 1. The van der Waals surface area contributed by atoms with Crippen molar-refractivity contribution in [3.05, 3.63) is 0 Å². The molecule has 0 bridgehead atoms. The highest BCUT2D eigenvalue weighted by Crippen LogP contribution is 2.15. The molecule has 1 aliphatic rings. The Hall–Kier alpha value is -0.530. The molecule has 0 spiro atoms. The zero-order valence-electron chi connectivity index (χ0n) is 8.88. The van der Waals surface area contributed by atoms with Gasteiger partial charge in [0.25, 0.3) is 0 Å². The second kappa shape index (κ2) is 5.25. The summed E-state index contributed by atoms with van der Waals surface area (Å²) in [6.07, 6.45) is 5.67. The van der Waals surface area contributed by atoms with Crippen LogP contribution >= 0.6 is 0 Å². The Labute approximate surface area is 81.3 Å². The summed E-state index contributed by atoms with van der Waals surface area (Å²) >= 11 is 0. The summed E-state index contributed by atoms with van der Waals surface area (Å²) in [4.78, 5) is 13.3. The molecule has 0 aromatic heterocycles. The van der Waals surface area contributed by atoms with Crippen molar-refractivity contribution in [2.75, 3.05) is 13.1 Å². The van der Waals surface area contributed by atoms with Crippen molar-refractivity contribution in [3.8, 4) is 0 Å². The number of carbonyl (C=O) groups is 1. The predicted octanol–water partition coefficient (Wildman–Crippen LogP) is 2.44. The highest BCUT2D eigenvalue weighted by atomic mass is 16.2. The van der Waals surface area contributed by atoms with Crippen molar-refractivity contribution in [1.82, 2.24) is 4.90 Å². The van der Waals surface area contributed by atoms with Gasteiger partial charge in [0.05, 0.1) is 0 Å². The van der Waals surface area contributed by atoms with E-state index in [0.29, 0.717) is 11.8 Å². The van der Waals surface area contributed by atoms with Crippen molar-refractivity contribution >= 4 is 5.91 Å². The molecular formula is C11H21NO. The first kappa shape index (κ1) is 10.6. The van der Waals surface area contributed by atoms with Gasteiger partial charge in [0.1, 0.15) is 0 Å². The Morgan fingerprint density at radius 1 is 1.54 bits per heavy atom. The van der Waals surface area contributed by atoms with Crippen molar-refractivity contribution < 1.29 is 4.79 Å². The third kappa shape index (κ3) is 3.37. The molecule has 0 aliphatic carbocycles. The minimum atomic E-state index is 0.364. The Kier molecular flexibility index (Phi) is 4.26. The third-order valence-corrected chi connectivity index (χ3v) is 2.75. The van der Waals surface area contributed by atoms with Crippen molar-refractivity contribution in [2.24, 2.45) is 5.92 Å². The molecule has 2 nitrogen and oxygen atoms in total. The molecule has 1 aliphatic heterocycles. The van der Waals surface area contributed by atoms with Gasteiger partial charge in [-0.3, -0.25) is 4.79 Å². The Morgan fingerprint density at radius 2 is 2.31 bits per heavy atom. The molecule has 0 aromatic rings. The molecule has 0 radical (unpaired) electrons. The van der Waals surface area contributed by atoms with Gasteiger partial charge in [-0.2, -0.15) is 0 Å². The highest BCUT2D eigenvalue weighted by Gasteiger charge is 2.21. The van der Waals surface area contributed by atoms with E-state index in [2.05, 4.69) is 13.8 Å². The number of rotatable bonds is 5. The lowest BCUT2D eigenvalue weighted by Crippen LogP contribution is -2.29. The van der Waals surface area contributed by atoms with Gasteiger partial charge >= 0.3 is 0 Å². The van der Waals surface area contributed by atoms with Gasteiger partial charge in [0, 0.05) is 19.5 Å². The van der Waals surface area contributed by atoms with Crippen LogP contribution in [0.3, 0.4) is 0 Å². The number of likely N-dealkylation sites (tertiary alicyclic amines) is 1. The van der Waals surface area contributed by atoms with Gasteiger partial charge in [-0.05, 0) is 18.8 Å². The quantitative estimate of drug-likeness (QED) is 0.641. The molecule has 1 fully saturated rings. The van der Waals surface area contributed by atoms with Crippen LogP contribution in [0, 0.1) is 5.92 Å². The first-order valence-corrected chi connectivity index (χ1v) is 5.51. The van der Waals surface area contributed by atoms with Crippen molar-refractivity contribution in [3.63, 3.8) is 0 Å². The van der Waals surface area contributed by atoms with Gasteiger partial charge in [-0.1, -0.05) is 26.7 Å². The van der Waals surface area contributed by atoms with E-state index >= 15 is 0 Å². The van der Waals surface area contributed by atoms with Crippen LogP contribution < -0.4 is 0 Å². The molecule has 0 N–H and O–H groups in total. The van der Waals surface area contributed by atoms with E-state index in [1.165, 1.54) is 19.3 Å². The molecule has 1 saturated heterocycles. The number of unbranched alkanes of at least 4 members (excludes halogenated alkanes) is 1. The fourth-order valence-corrected chi connectivity index (χ4v) is 1.92. The Bertz CT molecular complexity index is 167. The fourth-order valence-electron chi connectivity index (χ4n) is 1.92. The van der Waals surface area contributed by atoms with E-state index in [0.717, 1.165) is 25.9 Å². The van der Waals surface area contributed by atoms with Gasteiger partial charge in [-0.25, -0.2) is 0 Å². The van der Waals surface area contributed by atoms with E-state index in [1.807, 2.05) is 4.90 Å². The SMILES string of the molecule is CCCCC(C)CN1CCCC1=O. The molecule has 13 heavy (non-hydrogen) atoms. The maximum Gasteiger partial charge on any atom is 0.222 e. The van der Waals surface area contributed by atoms with Crippen molar-refractivity contribution in [2.45, 2.75) is 46.0 Å². The lowest BCUT2D eigenvalue weighted by molar-refractivity contribution is -0.128. The van der Waals surface area contributed by atoms with Crippen LogP contribution in [-0.2, 0) is 4.79 Å². The van der Waals surface area contributed by atoms with Crippen LogP contribution in [0.1, 0.15) is 46.0 Å². The summed E-state index contributed by atoms with van der Waals surface area (Å²) in [5, 5.41) is 0. The normalized spacial score (nSPS) is 19.5. The van der Waals surface area contributed by atoms with E-state index < -0.39 is 0 Å². The zero-order valence-corrected chi connectivity index (χ0v) is 8.88. The number of hydrogen-bond donors (Lipinski definition) is 0. The topological polar surface area (TPSA) is 20.3 Å². The smallest absolute Gasteiger partial charge is 0.222 e. The molecule has 1 heterocycles. The average molecular weight is 183 g/mol. The summed E-state index contributed by atoms with van der Waals surface area (Å²) < 4.78 is 0. The maximum atomic E-state index is 11.3. The van der Waals surface area contributed by atoms with Crippen LogP contribution in [0.5, 0.6) is 0 Å². The second-order valence-corrected chi connectivity index (χ2v) is 4.19. The van der Waals surface area contributed by atoms with Crippen molar-refractivity contribution in [1.29, 1.82) is 0 Å². The van der Waals surface area contributed by atoms with Crippen LogP contribution in [0.25, 0.3) is 0 Å². The first-order valence-electron chi connectivity index (χ1n) is 5.51. The number of amides is 1. The molecule has 1 rings (SSSR count).